The third-order valence-corrected chi connectivity index (χ3v) is 6.12. The molecule has 3 rings (SSSR count). The number of nitrogens with one attached hydrogen (secondary N) is 1. The van der Waals surface area contributed by atoms with Crippen LogP contribution in [0.1, 0.15) is 51.5 Å². The number of carbonyl (C=O) groups excluding carboxylic acids is 2. The van der Waals surface area contributed by atoms with E-state index < -0.39 is 0 Å². The molecule has 2 aromatic rings. The quantitative estimate of drug-likeness (QED) is 0.613. The highest BCUT2D eigenvalue weighted by atomic mass is 32.2. The Labute approximate surface area is 182 Å². The van der Waals surface area contributed by atoms with Crippen LogP contribution in [0.3, 0.4) is 0 Å². The Hall–Kier alpha value is -2.34. The fourth-order valence-corrected chi connectivity index (χ4v) is 5.16. The summed E-state index contributed by atoms with van der Waals surface area (Å²) in [6.07, 6.45) is 1.44. The molecule has 0 aliphatic carbocycles. The summed E-state index contributed by atoms with van der Waals surface area (Å²) in [6.45, 7) is 8.63. The van der Waals surface area contributed by atoms with Gasteiger partial charge >= 0.3 is 0 Å². The highest BCUT2D eigenvalue weighted by Gasteiger charge is 2.34. The van der Waals surface area contributed by atoms with Gasteiger partial charge in [0.15, 0.2) is 0 Å². The van der Waals surface area contributed by atoms with Crippen molar-refractivity contribution in [2.75, 3.05) is 16.0 Å². The third-order valence-electron chi connectivity index (χ3n) is 4.90. The zero-order valence-electron chi connectivity index (χ0n) is 17.9. The lowest BCUT2D eigenvalue weighted by Crippen LogP contribution is -2.28. The molecule has 1 N–H and O–H groups in total. The molecule has 0 unspecified atom stereocenters. The van der Waals surface area contributed by atoms with Crippen molar-refractivity contribution < 1.29 is 14.0 Å². The van der Waals surface area contributed by atoms with Crippen LogP contribution >= 0.6 is 11.8 Å². The first-order valence-electron chi connectivity index (χ1n) is 10.2. The number of benzene rings is 2. The molecule has 4 nitrogen and oxygen atoms in total. The first-order valence-corrected chi connectivity index (χ1v) is 11.3. The van der Waals surface area contributed by atoms with Gasteiger partial charge in [-0.3, -0.25) is 14.5 Å². The second kappa shape index (κ2) is 9.21. The van der Waals surface area contributed by atoms with Crippen LogP contribution in [0, 0.1) is 17.2 Å². The monoisotopic (exact) mass is 428 g/mol. The minimum atomic E-state index is -0.374. The van der Waals surface area contributed by atoms with E-state index in [2.05, 4.69) is 33.0 Å². The minimum Gasteiger partial charge on any atom is -0.326 e. The zero-order valence-corrected chi connectivity index (χ0v) is 18.8. The Morgan fingerprint density at radius 2 is 1.97 bits per heavy atom. The molecule has 0 bridgehead atoms. The number of hydrogen-bond acceptors (Lipinski definition) is 3. The molecule has 160 valence electrons. The van der Waals surface area contributed by atoms with Gasteiger partial charge in [-0.1, -0.05) is 45.9 Å². The van der Waals surface area contributed by atoms with Gasteiger partial charge in [0.1, 0.15) is 11.2 Å². The van der Waals surface area contributed by atoms with Crippen molar-refractivity contribution in [3.8, 4) is 0 Å². The van der Waals surface area contributed by atoms with Gasteiger partial charge in [0, 0.05) is 17.8 Å². The van der Waals surface area contributed by atoms with Gasteiger partial charge in [-0.25, -0.2) is 4.39 Å². The number of rotatable bonds is 6. The van der Waals surface area contributed by atoms with Crippen LogP contribution in [0.4, 0.5) is 15.8 Å². The van der Waals surface area contributed by atoms with E-state index in [1.807, 2.05) is 24.3 Å². The van der Waals surface area contributed by atoms with Crippen LogP contribution in [0.25, 0.3) is 0 Å². The van der Waals surface area contributed by atoms with Crippen LogP contribution in [-0.4, -0.2) is 17.6 Å². The summed E-state index contributed by atoms with van der Waals surface area (Å²) in [5.41, 5.74) is 2.34. The van der Waals surface area contributed by atoms with Gasteiger partial charge in [0.2, 0.25) is 11.8 Å². The van der Waals surface area contributed by atoms with Crippen LogP contribution in [-0.2, 0) is 9.59 Å². The normalized spacial score (nSPS) is 17.8. The van der Waals surface area contributed by atoms with E-state index in [1.54, 1.807) is 17.0 Å². The summed E-state index contributed by atoms with van der Waals surface area (Å²) >= 11 is 1.50. The van der Waals surface area contributed by atoms with E-state index in [0.29, 0.717) is 29.5 Å². The minimum absolute atomic E-state index is 0.0129. The first-order chi connectivity index (χ1) is 14.1. The van der Waals surface area contributed by atoms with Crippen molar-refractivity contribution in [2.24, 2.45) is 11.3 Å². The van der Waals surface area contributed by atoms with Gasteiger partial charge in [-0.05, 0) is 53.6 Å². The molecule has 1 aliphatic heterocycles. The van der Waals surface area contributed by atoms with Crippen LogP contribution in [0.15, 0.2) is 48.5 Å². The molecule has 30 heavy (non-hydrogen) atoms. The Kier molecular flexibility index (Phi) is 6.86. The molecule has 0 saturated carbocycles. The molecular formula is C24H29FN2O2S. The maximum atomic E-state index is 13.7. The predicted molar refractivity (Wildman–Crippen MR) is 122 cm³/mol. The average molecular weight is 429 g/mol. The molecule has 1 aliphatic rings. The van der Waals surface area contributed by atoms with Gasteiger partial charge in [-0.15, -0.1) is 11.8 Å². The summed E-state index contributed by atoms with van der Waals surface area (Å²) in [4.78, 5) is 26.6. The summed E-state index contributed by atoms with van der Waals surface area (Å²) in [5, 5.41) is 2.73. The molecule has 2 aromatic carbocycles. The lowest BCUT2D eigenvalue weighted by atomic mass is 9.84. The molecule has 1 fully saturated rings. The van der Waals surface area contributed by atoms with Crippen molar-refractivity contribution >= 4 is 35.0 Å². The highest BCUT2D eigenvalue weighted by molar-refractivity contribution is 8.00. The van der Waals surface area contributed by atoms with E-state index in [0.717, 1.165) is 12.0 Å². The molecule has 0 aromatic heterocycles. The fraction of sp³-hybridized carbons (Fsp3) is 0.417. The SMILES string of the molecule is C[C@H](CC(=O)Nc1cccc([C@@H]2SCC(=O)N2c2cccc(F)c2)c1)CC(C)(C)C. The Balaban J connectivity index is 1.73. The standard InChI is InChI=1S/C24H29FN2O2S/c1-16(14-24(2,3)4)11-21(28)26-19-9-5-7-17(12-19)23-27(22(29)15-30-23)20-10-6-8-18(25)13-20/h5-10,12-13,16,23H,11,14-15H2,1-4H3,(H,26,28)/t16-,23+/m1/s1. The van der Waals surface area contributed by atoms with Crippen molar-refractivity contribution in [2.45, 2.75) is 45.9 Å². The van der Waals surface area contributed by atoms with Gasteiger partial charge in [-0.2, -0.15) is 0 Å². The van der Waals surface area contributed by atoms with Crippen LogP contribution in [0.5, 0.6) is 0 Å². The summed E-state index contributed by atoms with van der Waals surface area (Å²) in [5.74, 6) is 0.185. The van der Waals surface area contributed by atoms with Crippen LogP contribution < -0.4 is 10.2 Å². The fourth-order valence-electron chi connectivity index (χ4n) is 3.99. The van der Waals surface area contributed by atoms with E-state index in [9.17, 15) is 14.0 Å². The second-order valence-corrected chi connectivity index (χ2v) is 10.2. The second-order valence-electron chi connectivity index (χ2n) is 9.15. The summed E-state index contributed by atoms with van der Waals surface area (Å²) in [7, 11) is 0. The number of thioether (sulfide) groups is 1. The van der Waals surface area contributed by atoms with E-state index in [4.69, 9.17) is 0 Å². The number of carbonyl (C=O) groups is 2. The Bertz CT molecular complexity index is 925. The van der Waals surface area contributed by atoms with Crippen molar-refractivity contribution in [1.29, 1.82) is 0 Å². The van der Waals surface area contributed by atoms with Crippen molar-refractivity contribution in [1.82, 2.24) is 0 Å². The number of anilines is 2. The smallest absolute Gasteiger partial charge is 0.238 e. The third kappa shape index (κ3) is 5.85. The van der Waals surface area contributed by atoms with E-state index in [1.165, 1.54) is 23.9 Å². The highest BCUT2D eigenvalue weighted by Crippen LogP contribution is 2.42. The van der Waals surface area contributed by atoms with Gasteiger partial charge in [0.25, 0.3) is 0 Å². The molecule has 0 spiro atoms. The van der Waals surface area contributed by atoms with Crippen molar-refractivity contribution in [3.63, 3.8) is 0 Å². The van der Waals surface area contributed by atoms with E-state index >= 15 is 0 Å². The molecule has 2 amide bonds. The molecule has 0 radical (unpaired) electrons. The summed E-state index contributed by atoms with van der Waals surface area (Å²) in [6, 6.07) is 13.6. The van der Waals surface area contributed by atoms with Crippen LogP contribution in [0.2, 0.25) is 0 Å². The van der Waals surface area contributed by atoms with Gasteiger partial charge in [0.05, 0.1) is 5.75 Å². The maximum Gasteiger partial charge on any atom is 0.238 e. The largest absolute Gasteiger partial charge is 0.326 e. The topological polar surface area (TPSA) is 49.4 Å². The summed E-state index contributed by atoms with van der Waals surface area (Å²) < 4.78 is 13.7. The number of halogens is 1. The lowest BCUT2D eigenvalue weighted by Gasteiger charge is -2.25. The molecule has 2 atom stereocenters. The first kappa shape index (κ1) is 22.3. The average Bonchev–Trinajstić information content (AvgIpc) is 3.01. The number of hydrogen-bond donors (Lipinski definition) is 1. The Morgan fingerprint density at radius 1 is 1.23 bits per heavy atom. The van der Waals surface area contributed by atoms with Crippen molar-refractivity contribution in [3.05, 3.63) is 59.9 Å². The predicted octanol–water partition coefficient (Wildman–Crippen LogP) is 6.01. The Morgan fingerprint density at radius 3 is 2.67 bits per heavy atom. The lowest BCUT2D eigenvalue weighted by molar-refractivity contribution is -0.117. The molecule has 1 saturated heterocycles. The van der Waals surface area contributed by atoms with Gasteiger partial charge < -0.3 is 5.32 Å². The maximum absolute atomic E-state index is 13.7. The molecular weight excluding hydrogens is 399 g/mol. The zero-order chi connectivity index (χ0) is 21.9. The molecule has 6 heteroatoms. The number of nitrogens with zero attached hydrogens (tertiary/aromatic N) is 1. The van der Waals surface area contributed by atoms with E-state index in [-0.39, 0.29) is 28.4 Å². The number of amides is 2. The molecule has 1 heterocycles.